The first-order valence-electron chi connectivity index (χ1n) is 9.86. The highest BCUT2D eigenvalue weighted by Gasteiger charge is 2.16. The van der Waals surface area contributed by atoms with E-state index in [9.17, 15) is 0 Å². The SMILES string of the molecule is CCNC(=NCc1ccco1)NCCN1CCN(Cc2ccccc2)CC1.I. The lowest BCUT2D eigenvalue weighted by atomic mass is 10.2. The molecule has 0 bridgehead atoms. The van der Waals surface area contributed by atoms with E-state index in [0.29, 0.717) is 6.54 Å². The number of hydrogen-bond acceptors (Lipinski definition) is 4. The molecule has 1 aliphatic rings. The van der Waals surface area contributed by atoms with E-state index in [1.165, 1.54) is 5.56 Å². The van der Waals surface area contributed by atoms with Crippen LogP contribution in [0, 0.1) is 0 Å². The lowest BCUT2D eigenvalue weighted by molar-refractivity contribution is 0.129. The van der Waals surface area contributed by atoms with E-state index in [1.54, 1.807) is 6.26 Å². The summed E-state index contributed by atoms with van der Waals surface area (Å²) >= 11 is 0. The quantitative estimate of drug-likeness (QED) is 0.334. The van der Waals surface area contributed by atoms with Gasteiger partial charge < -0.3 is 15.1 Å². The van der Waals surface area contributed by atoms with E-state index in [2.05, 4.69) is 62.7 Å². The van der Waals surface area contributed by atoms with Crippen molar-refractivity contribution >= 4 is 29.9 Å². The van der Waals surface area contributed by atoms with Crippen molar-refractivity contribution < 1.29 is 4.42 Å². The number of hydrogen-bond donors (Lipinski definition) is 2. The number of piperazine rings is 1. The monoisotopic (exact) mass is 497 g/mol. The Hall–Kier alpha value is -1.58. The number of furan rings is 1. The molecular weight excluding hydrogens is 465 g/mol. The maximum absolute atomic E-state index is 5.34. The molecule has 7 heteroatoms. The predicted molar refractivity (Wildman–Crippen MR) is 125 cm³/mol. The fraction of sp³-hybridized carbons (Fsp3) is 0.476. The van der Waals surface area contributed by atoms with Gasteiger partial charge in [-0.25, -0.2) is 4.99 Å². The third-order valence-corrected chi connectivity index (χ3v) is 4.75. The highest BCUT2D eigenvalue weighted by atomic mass is 127. The first kappa shape index (κ1) is 22.7. The van der Waals surface area contributed by atoms with E-state index < -0.39 is 0 Å². The number of nitrogens with zero attached hydrogens (tertiary/aromatic N) is 3. The molecular formula is C21H32IN5O. The van der Waals surface area contributed by atoms with Gasteiger partial charge in [-0.2, -0.15) is 0 Å². The van der Waals surface area contributed by atoms with Crippen LogP contribution in [0.15, 0.2) is 58.1 Å². The maximum atomic E-state index is 5.34. The molecule has 154 valence electrons. The standard InChI is InChI=1S/C21H31N5O.HI/c1-2-22-21(24-17-20-9-6-16-27-20)23-10-11-25-12-14-26(15-13-25)18-19-7-4-3-5-8-19;/h3-9,16H,2,10-15,17-18H2,1H3,(H2,22,23,24);1H. The summed E-state index contributed by atoms with van der Waals surface area (Å²) in [5, 5.41) is 6.71. The topological polar surface area (TPSA) is 56.0 Å². The van der Waals surface area contributed by atoms with Gasteiger partial charge in [0.05, 0.1) is 6.26 Å². The van der Waals surface area contributed by atoms with Gasteiger partial charge in [-0.1, -0.05) is 30.3 Å². The molecule has 6 nitrogen and oxygen atoms in total. The van der Waals surface area contributed by atoms with Crippen LogP contribution in [-0.4, -0.2) is 61.6 Å². The number of halogens is 1. The first-order chi connectivity index (χ1) is 13.3. The number of guanidine groups is 1. The normalized spacial score (nSPS) is 15.8. The predicted octanol–water partition coefficient (Wildman–Crippen LogP) is 2.77. The average molecular weight is 497 g/mol. The van der Waals surface area contributed by atoms with Crippen molar-refractivity contribution in [2.75, 3.05) is 45.8 Å². The average Bonchev–Trinajstić information content (AvgIpc) is 3.22. The molecule has 0 saturated carbocycles. The van der Waals surface area contributed by atoms with Crippen LogP contribution in [0.25, 0.3) is 0 Å². The van der Waals surface area contributed by atoms with Crippen molar-refractivity contribution in [3.63, 3.8) is 0 Å². The van der Waals surface area contributed by atoms with E-state index in [0.717, 1.165) is 64.1 Å². The Kier molecular flexibility index (Phi) is 10.4. The molecule has 3 rings (SSSR count). The van der Waals surface area contributed by atoms with Gasteiger partial charge in [0.25, 0.3) is 0 Å². The van der Waals surface area contributed by atoms with Crippen molar-refractivity contribution in [3.8, 4) is 0 Å². The van der Waals surface area contributed by atoms with Crippen LogP contribution in [-0.2, 0) is 13.1 Å². The molecule has 1 aromatic heterocycles. The van der Waals surface area contributed by atoms with Gasteiger partial charge in [0.15, 0.2) is 5.96 Å². The van der Waals surface area contributed by atoms with Crippen LogP contribution < -0.4 is 10.6 Å². The second-order valence-corrected chi connectivity index (χ2v) is 6.80. The van der Waals surface area contributed by atoms with Crippen molar-refractivity contribution in [3.05, 3.63) is 60.1 Å². The molecule has 0 spiro atoms. The van der Waals surface area contributed by atoms with Crippen LogP contribution in [0.4, 0.5) is 0 Å². The van der Waals surface area contributed by atoms with Gasteiger partial charge in [0.1, 0.15) is 12.3 Å². The number of benzene rings is 1. The van der Waals surface area contributed by atoms with Crippen molar-refractivity contribution in [1.82, 2.24) is 20.4 Å². The summed E-state index contributed by atoms with van der Waals surface area (Å²) in [4.78, 5) is 9.63. The van der Waals surface area contributed by atoms with E-state index >= 15 is 0 Å². The van der Waals surface area contributed by atoms with E-state index in [-0.39, 0.29) is 24.0 Å². The maximum Gasteiger partial charge on any atom is 0.191 e. The Balaban J connectivity index is 0.00000280. The minimum atomic E-state index is 0. The largest absolute Gasteiger partial charge is 0.467 e. The van der Waals surface area contributed by atoms with Crippen LogP contribution in [0.2, 0.25) is 0 Å². The summed E-state index contributed by atoms with van der Waals surface area (Å²) in [6.45, 7) is 11.0. The summed E-state index contributed by atoms with van der Waals surface area (Å²) in [5.74, 6) is 1.72. The highest BCUT2D eigenvalue weighted by molar-refractivity contribution is 14.0. The molecule has 0 radical (unpaired) electrons. The summed E-state index contributed by atoms with van der Waals surface area (Å²) in [6.07, 6.45) is 1.68. The van der Waals surface area contributed by atoms with Crippen molar-refractivity contribution in [1.29, 1.82) is 0 Å². The molecule has 2 aromatic rings. The third kappa shape index (κ3) is 7.81. The second kappa shape index (κ2) is 12.8. The summed E-state index contributed by atoms with van der Waals surface area (Å²) in [5.41, 5.74) is 1.40. The smallest absolute Gasteiger partial charge is 0.191 e. The Morgan fingerprint density at radius 3 is 2.43 bits per heavy atom. The summed E-state index contributed by atoms with van der Waals surface area (Å²) in [6, 6.07) is 14.6. The van der Waals surface area contributed by atoms with Crippen LogP contribution in [0.1, 0.15) is 18.2 Å². The molecule has 0 amide bonds. The van der Waals surface area contributed by atoms with Crippen LogP contribution >= 0.6 is 24.0 Å². The van der Waals surface area contributed by atoms with Gasteiger partial charge in [0, 0.05) is 52.4 Å². The minimum Gasteiger partial charge on any atom is -0.467 e. The molecule has 0 aliphatic carbocycles. The van der Waals surface area contributed by atoms with E-state index in [4.69, 9.17) is 4.42 Å². The zero-order chi connectivity index (χ0) is 18.7. The van der Waals surface area contributed by atoms with Crippen LogP contribution in [0.5, 0.6) is 0 Å². The van der Waals surface area contributed by atoms with Crippen LogP contribution in [0.3, 0.4) is 0 Å². The highest BCUT2D eigenvalue weighted by Crippen LogP contribution is 2.08. The third-order valence-electron chi connectivity index (χ3n) is 4.75. The zero-order valence-corrected chi connectivity index (χ0v) is 19.0. The molecule has 1 fully saturated rings. The lowest BCUT2D eigenvalue weighted by Crippen LogP contribution is -2.49. The Labute approximate surface area is 185 Å². The van der Waals surface area contributed by atoms with E-state index in [1.807, 2.05) is 12.1 Å². The fourth-order valence-corrected chi connectivity index (χ4v) is 3.25. The molecule has 0 unspecified atom stereocenters. The minimum absolute atomic E-state index is 0. The Morgan fingerprint density at radius 1 is 1.00 bits per heavy atom. The molecule has 1 aromatic carbocycles. The number of nitrogens with one attached hydrogen (secondary N) is 2. The molecule has 2 heterocycles. The summed E-state index contributed by atoms with van der Waals surface area (Å²) < 4.78 is 5.34. The van der Waals surface area contributed by atoms with Crippen molar-refractivity contribution in [2.45, 2.75) is 20.0 Å². The van der Waals surface area contributed by atoms with Gasteiger partial charge >= 0.3 is 0 Å². The second-order valence-electron chi connectivity index (χ2n) is 6.80. The van der Waals surface area contributed by atoms with Crippen molar-refractivity contribution in [2.24, 2.45) is 4.99 Å². The van der Waals surface area contributed by atoms with Gasteiger partial charge in [-0.05, 0) is 24.6 Å². The molecule has 2 N–H and O–H groups in total. The van der Waals surface area contributed by atoms with Gasteiger partial charge in [-0.3, -0.25) is 9.80 Å². The fourth-order valence-electron chi connectivity index (χ4n) is 3.25. The first-order valence-corrected chi connectivity index (χ1v) is 9.86. The molecule has 0 atom stereocenters. The van der Waals surface area contributed by atoms with Gasteiger partial charge in [-0.15, -0.1) is 24.0 Å². The molecule has 1 saturated heterocycles. The lowest BCUT2D eigenvalue weighted by Gasteiger charge is -2.34. The van der Waals surface area contributed by atoms with Gasteiger partial charge in [0.2, 0.25) is 0 Å². The molecule has 1 aliphatic heterocycles. The zero-order valence-electron chi connectivity index (χ0n) is 16.6. The number of rotatable bonds is 8. The Morgan fingerprint density at radius 2 is 1.75 bits per heavy atom. The molecule has 28 heavy (non-hydrogen) atoms. The number of aliphatic imine (C=N–C) groups is 1. The summed E-state index contributed by atoms with van der Waals surface area (Å²) in [7, 11) is 0. The Bertz CT molecular complexity index is 669.